The molecule has 0 aromatic carbocycles. The van der Waals surface area contributed by atoms with Crippen LogP contribution >= 0.6 is 0 Å². The quantitative estimate of drug-likeness (QED) is 0.670. The number of aryl methyl sites for hydroxylation is 2. The van der Waals surface area contributed by atoms with E-state index in [4.69, 9.17) is 5.11 Å². The highest BCUT2D eigenvalue weighted by Gasteiger charge is 2.40. The molecule has 2 atom stereocenters. The number of nitrogens with one attached hydrogen (secondary N) is 1. The molecule has 7 heteroatoms. The minimum absolute atomic E-state index is 0.0415. The molecule has 1 amide bonds. The molecule has 1 aromatic heterocycles. The molecule has 18 heavy (non-hydrogen) atoms. The van der Waals surface area contributed by atoms with Gasteiger partial charge in [-0.2, -0.15) is 5.10 Å². The van der Waals surface area contributed by atoms with E-state index >= 15 is 0 Å². The van der Waals surface area contributed by atoms with Gasteiger partial charge in [0.1, 0.15) is 6.04 Å². The average molecular weight is 253 g/mol. The summed E-state index contributed by atoms with van der Waals surface area (Å²) in [7, 11) is 0. The molecule has 1 aromatic rings. The Labute approximate surface area is 103 Å². The van der Waals surface area contributed by atoms with Gasteiger partial charge in [0, 0.05) is 18.7 Å². The minimum atomic E-state index is -1.10. The van der Waals surface area contributed by atoms with E-state index < -0.39 is 24.0 Å². The number of carbonyl (C=O) groups excluding carboxylic acids is 1. The van der Waals surface area contributed by atoms with Gasteiger partial charge in [0.2, 0.25) is 0 Å². The van der Waals surface area contributed by atoms with Gasteiger partial charge in [0.25, 0.3) is 5.91 Å². The van der Waals surface area contributed by atoms with Gasteiger partial charge in [0.15, 0.2) is 0 Å². The standard InChI is InChI=1S/C11H15N3O4/c1-5-9(6(2)13-12-5)10(16)14-4-7(15)3-8(14)11(17)18/h7-8,15H,3-4H2,1-2H3,(H,12,13)(H,17,18)/t7?,8-/m0/s1. The van der Waals surface area contributed by atoms with Crippen molar-refractivity contribution in [3.63, 3.8) is 0 Å². The fourth-order valence-corrected chi connectivity index (χ4v) is 2.28. The predicted octanol–water partition coefficient (Wildman–Crippen LogP) is -0.313. The Morgan fingerprint density at radius 1 is 1.44 bits per heavy atom. The molecule has 0 aliphatic carbocycles. The van der Waals surface area contributed by atoms with Crippen LogP contribution in [-0.2, 0) is 4.79 Å². The largest absolute Gasteiger partial charge is 0.480 e. The number of aliphatic hydroxyl groups is 1. The Bertz CT molecular complexity index is 477. The van der Waals surface area contributed by atoms with Crippen LogP contribution in [0.2, 0.25) is 0 Å². The lowest BCUT2D eigenvalue weighted by Gasteiger charge is -2.21. The number of hydrogen-bond donors (Lipinski definition) is 3. The Hall–Kier alpha value is -1.89. The van der Waals surface area contributed by atoms with Crippen molar-refractivity contribution in [1.29, 1.82) is 0 Å². The van der Waals surface area contributed by atoms with Crippen LogP contribution in [0.25, 0.3) is 0 Å². The fourth-order valence-electron chi connectivity index (χ4n) is 2.28. The number of aromatic nitrogens is 2. The van der Waals surface area contributed by atoms with Crippen LogP contribution < -0.4 is 0 Å². The third-order valence-corrected chi connectivity index (χ3v) is 3.17. The normalized spacial score (nSPS) is 23.4. The molecule has 3 N–H and O–H groups in total. The average Bonchev–Trinajstić information content (AvgIpc) is 2.82. The zero-order chi connectivity index (χ0) is 13.4. The summed E-state index contributed by atoms with van der Waals surface area (Å²) in [5, 5.41) is 25.2. The zero-order valence-corrected chi connectivity index (χ0v) is 10.2. The van der Waals surface area contributed by atoms with Crippen molar-refractivity contribution in [2.75, 3.05) is 6.54 Å². The van der Waals surface area contributed by atoms with Crippen molar-refractivity contribution >= 4 is 11.9 Å². The lowest BCUT2D eigenvalue weighted by atomic mass is 10.1. The SMILES string of the molecule is Cc1n[nH]c(C)c1C(=O)N1CC(O)C[C@H]1C(=O)O. The molecule has 2 heterocycles. The number of carboxylic acids is 1. The first-order valence-electron chi connectivity index (χ1n) is 5.65. The van der Waals surface area contributed by atoms with Crippen LogP contribution in [0, 0.1) is 13.8 Å². The number of β-amino-alcohol motifs (C(OH)–C–C–N with tert-alkyl or cyclic N) is 1. The lowest BCUT2D eigenvalue weighted by Crippen LogP contribution is -2.41. The van der Waals surface area contributed by atoms with Crippen molar-refractivity contribution in [3.05, 3.63) is 17.0 Å². The summed E-state index contributed by atoms with van der Waals surface area (Å²) < 4.78 is 0. The van der Waals surface area contributed by atoms with Crippen molar-refractivity contribution in [3.8, 4) is 0 Å². The number of aliphatic carboxylic acids is 1. The third kappa shape index (κ3) is 1.97. The van der Waals surface area contributed by atoms with E-state index in [9.17, 15) is 14.7 Å². The van der Waals surface area contributed by atoms with E-state index in [0.29, 0.717) is 17.0 Å². The van der Waals surface area contributed by atoms with Crippen LogP contribution in [0.15, 0.2) is 0 Å². The highest BCUT2D eigenvalue weighted by atomic mass is 16.4. The van der Waals surface area contributed by atoms with Gasteiger partial charge in [-0.05, 0) is 13.8 Å². The number of aromatic amines is 1. The Morgan fingerprint density at radius 3 is 2.61 bits per heavy atom. The molecule has 2 rings (SSSR count). The van der Waals surface area contributed by atoms with Crippen LogP contribution in [0.4, 0.5) is 0 Å². The molecule has 1 unspecified atom stereocenters. The zero-order valence-electron chi connectivity index (χ0n) is 10.2. The summed E-state index contributed by atoms with van der Waals surface area (Å²) >= 11 is 0. The summed E-state index contributed by atoms with van der Waals surface area (Å²) in [6.45, 7) is 3.42. The number of aliphatic hydroxyl groups excluding tert-OH is 1. The van der Waals surface area contributed by atoms with Crippen LogP contribution in [0.3, 0.4) is 0 Å². The van der Waals surface area contributed by atoms with Crippen LogP contribution in [-0.4, -0.2) is 55.9 Å². The number of H-pyrrole nitrogens is 1. The summed E-state index contributed by atoms with van der Waals surface area (Å²) in [5.41, 5.74) is 1.52. The number of rotatable bonds is 2. The summed E-state index contributed by atoms with van der Waals surface area (Å²) in [4.78, 5) is 24.6. The molecular weight excluding hydrogens is 238 g/mol. The number of likely N-dealkylation sites (tertiary alicyclic amines) is 1. The van der Waals surface area contributed by atoms with Gasteiger partial charge in [-0.3, -0.25) is 9.89 Å². The van der Waals surface area contributed by atoms with Gasteiger partial charge in [-0.1, -0.05) is 0 Å². The van der Waals surface area contributed by atoms with E-state index in [-0.39, 0.29) is 13.0 Å². The van der Waals surface area contributed by atoms with Gasteiger partial charge >= 0.3 is 5.97 Å². The number of hydrogen-bond acceptors (Lipinski definition) is 4. The van der Waals surface area contributed by atoms with Gasteiger partial charge in [0.05, 0.1) is 17.4 Å². The van der Waals surface area contributed by atoms with E-state index in [1.54, 1.807) is 13.8 Å². The fraction of sp³-hybridized carbons (Fsp3) is 0.545. The molecule has 0 spiro atoms. The second-order valence-electron chi connectivity index (χ2n) is 4.51. The van der Waals surface area contributed by atoms with E-state index in [1.807, 2.05) is 0 Å². The lowest BCUT2D eigenvalue weighted by molar-refractivity contribution is -0.141. The molecule has 1 fully saturated rings. The maximum Gasteiger partial charge on any atom is 0.326 e. The van der Waals surface area contributed by atoms with Crippen LogP contribution in [0.5, 0.6) is 0 Å². The summed E-state index contributed by atoms with van der Waals surface area (Å²) in [6.07, 6.45) is -0.723. The van der Waals surface area contributed by atoms with E-state index in [2.05, 4.69) is 10.2 Å². The first-order valence-corrected chi connectivity index (χ1v) is 5.65. The monoisotopic (exact) mass is 253 g/mol. The number of carboxylic acid groups (broad SMARTS) is 1. The third-order valence-electron chi connectivity index (χ3n) is 3.17. The van der Waals surface area contributed by atoms with Crippen LogP contribution in [0.1, 0.15) is 28.2 Å². The summed E-state index contributed by atoms with van der Waals surface area (Å²) in [5.74, 6) is -1.50. The van der Waals surface area contributed by atoms with Crippen molar-refractivity contribution < 1.29 is 19.8 Å². The number of nitrogens with zero attached hydrogens (tertiary/aromatic N) is 2. The Kier molecular flexibility index (Phi) is 3.08. The van der Waals surface area contributed by atoms with Crippen molar-refractivity contribution in [2.45, 2.75) is 32.4 Å². The molecular formula is C11H15N3O4. The van der Waals surface area contributed by atoms with E-state index in [0.717, 1.165) is 0 Å². The van der Waals surface area contributed by atoms with Gasteiger partial charge in [-0.15, -0.1) is 0 Å². The molecule has 7 nitrogen and oxygen atoms in total. The molecule has 0 bridgehead atoms. The first kappa shape index (κ1) is 12.6. The van der Waals surface area contributed by atoms with Gasteiger partial charge < -0.3 is 15.1 Å². The number of carbonyl (C=O) groups is 2. The maximum absolute atomic E-state index is 12.3. The second kappa shape index (κ2) is 4.41. The molecule has 1 aliphatic rings. The molecule has 0 radical (unpaired) electrons. The maximum atomic E-state index is 12.3. The van der Waals surface area contributed by atoms with Gasteiger partial charge in [-0.25, -0.2) is 4.79 Å². The predicted molar refractivity (Wildman–Crippen MR) is 61.1 cm³/mol. The molecule has 98 valence electrons. The highest BCUT2D eigenvalue weighted by Crippen LogP contribution is 2.22. The van der Waals surface area contributed by atoms with E-state index in [1.165, 1.54) is 4.90 Å². The Morgan fingerprint density at radius 2 is 2.11 bits per heavy atom. The Balaban J connectivity index is 2.31. The molecule has 1 saturated heterocycles. The van der Waals surface area contributed by atoms with Crippen molar-refractivity contribution in [2.24, 2.45) is 0 Å². The molecule has 1 aliphatic heterocycles. The topological polar surface area (TPSA) is 107 Å². The highest BCUT2D eigenvalue weighted by molar-refractivity contribution is 5.98. The summed E-state index contributed by atoms with van der Waals surface area (Å²) in [6, 6.07) is -0.971. The smallest absolute Gasteiger partial charge is 0.326 e. The second-order valence-corrected chi connectivity index (χ2v) is 4.51. The van der Waals surface area contributed by atoms with Crippen molar-refractivity contribution in [1.82, 2.24) is 15.1 Å². The number of amides is 1. The first-order chi connectivity index (χ1) is 8.41. The molecule has 0 saturated carbocycles. The minimum Gasteiger partial charge on any atom is -0.480 e.